The summed E-state index contributed by atoms with van der Waals surface area (Å²) in [6, 6.07) is 5.82. The third kappa shape index (κ3) is 2.34. The van der Waals surface area contributed by atoms with Crippen LogP contribution in [0.25, 0.3) is 11.0 Å². The molecule has 2 aromatic rings. The van der Waals surface area contributed by atoms with Gasteiger partial charge >= 0.3 is 0 Å². The number of nitrogen functional groups attached to an aromatic ring is 1. The summed E-state index contributed by atoms with van der Waals surface area (Å²) in [4.78, 5) is 10.5. The lowest BCUT2D eigenvalue weighted by Crippen LogP contribution is -2.34. The maximum absolute atomic E-state index is 5.78. The normalized spacial score (nSPS) is 21.5. The number of nitrogens with two attached hydrogens (primary N) is 1. The molecule has 3 N–H and O–H groups in total. The first kappa shape index (κ1) is 11.5. The highest BCUT2D eigenvalue weighted by Crippen LogP contribution is 2.19. The van der Waals surface area contributed by atoms with Gasteiger partial charge < -0.3 is 10.7 Å². The van der Waals surface area contributed by atoms with Gasteiger partial charge in [0.1, 0.15) is 5.82 Å². The third-order valence-electron chi connectivity index (χ3n) is 3.67. The lowest BCUT2D eigenvalue weighted by Gasteiger charge is -2.29. The Hall–Kier alpha value is -1.55. The van der Waals surface area contributed by atoms with Crippen molar-refractivity contribution in [1.82, 2.24) is 14.9 Å². The molecule has 0 bridgehead atoms. The number of aromatic nitrogens is 2. The highest BCUT2D eigenvalue weighted by atomic mass is 15.2. The van der Waals surface area contributed by atoms with Crippen LogP contribution in [0.15, 0.2) is 18.2 Å². The SMILES string of the molecule is CC1CCCN(Cc2nc3ccc(N)cc3[nH]2)C1. The summed E-state index contributed by atoms with van der Waals surface area (Å²) in [5.41, 5.74) is 8.60. The average Bonchev–Trinajstić information content (AvgIpc) is 2.70. The van der Waals surface area contributed by atoms with Crippen molar-refractivity contribution in [3.63, 3.8) is 0 Å². The van der Waals surface area contributed by atoms with Crippen LogP contribution in [0.2, 0.25) is 0 Å². The molecule has 96 valence electrons. The van der Waals surface area contributed by atoms with Crippen molar-refractivity contribution in [3.8, 4) is 0 Å². The zero-order chi connectivity index (χ0) is 12.5. The molecule has 0 spiro atoms. The van der Waals surface area contributed by atoms with Crippen LogP contribution in [0.5, 0.6) is 0 Å². The van der Waals surface area contributed by atoms with E-state index in [2.05, 4.69) is 21.8 Å². The predicted octanol–water partition coefficient (Wildman–Crippen LogP) is 2.38. The van der Waals surface area contributed by atoms with Gasteiger partial charge in [0.25, 0.3) is 0 Å². The van der Waals surface area contributed by atoms with Crippen molar-refractivity contribution in [2.75, 3.05) is 18.8 Å². The molecule has 1 saturated heterocycles. The summed E-state index contributed by atoms with van der Waals surface area (Å²) >= 11 is 0. The molecular formula is C14H20N4. The van der Waals surface area contributed by atoms with Crippen LogP contribution in [-0.4, -0.2) is 28.0 Å². The maximum atomic E-state index is 5.78. The fraction of sp³-hybridized carbons (Fsp3) is 0.500. The van der Waals surface area contributed by atoms with E-state index in [0.29, 0.717) is 0 Å². The van der Waals surface area contributed by atoms with Gasteiger partial charge in [0.2, 0.25) is 0 Å². The third-order valence-corrected chi connectivity index (χ3v) is 3.67. The van der Waals surface area contributed by atoms with E-state index >= 15 is 0 Å². The van der Waals surface area contributed by atoms with E-state index in [-0.39, 0.29) is 0 Å². The Bertz CT molecular complexity index is 546. The number of nitrogens with zero attached hydrogens (tertiary/aromatic N) is 2. The number of anilines is 1. The second-order valence-corrected chi connectivity index (χ2v) is 5.44. The van der Waals surface area contributed by atoms with Crippen LogP contribution in [0.1, 0.15) is 25.6 Å². The molecule has 3 rings (SSSR count). The van der Waals surface area contributed by atoms with Crippen molar-refractivity contribution < 1.29 is 0 Å². The van der Waals surface area contributed by atoms with Gasteiger partial charge in [-0.2, -0.15) is 0 Å². The zero-order valence-corrected chi connectivity index (χ0v) is 10.8. The van der Waals surface area contributed by atoms with Gasteiger partial charge in [0, 0.05) is 12.2 Å². The lowest BCUT2D eigenvalue weighted by molar-refractivity contribution is 0.173. The van der Waals surface area contributed by atoms with E-state index in [1.807, 2.05) is 18.2 Å². The summed E-state index contributed by atoms with van der Waals surface area (Å²) in [7, 11) is 0. The Balaban J connectivity index is 1.78. The Morgan fingerprint density at radius 2 is 2.39 bits per heavy atom. The van der Waals surface area contributed by atoms with Gasteiger partial charge in [-0.1, -0.05) is 6.92 Å². The number of nitrogens with one attached hydrogen (secondary N) is 1. The van der Waals surface area contributed by atoms with Crippen molar-refractivity contribution in [2.24, 2.45) is 5.92 Å². The van der Waals surface area contributed by atoms with E-state index in [0.717, 1.165) is 35.0 Å². The molecule has 0 aliphatic carbocycles. The summed E-state index contributed by atoms with van der Waals surface area (Å²) < 4.78 is 0. The first-order valence-corrected chi connectivity index (χ1v) is 6.67. The van der Waals surface area contributed by atoms with Gasteiger partial charge in [0.15, 0.2) is 0 Å². The van der Waals surface area contributed by atoms with Crippen LogP contribution in [0.3, 0.4) is 0 Å². The molecule has 0 amide bonds. The first-order chi connectivity index (χ1) is 8.70. The Labute approximate surface area is 107 Å². The summed E-state index contributed by atoms with van der Waals surface area (Å²) in [5, 5.41) is 0. The Kier molecular flexibility index (Phi) is 2.96. The van der Waals surface area contributed by atoms with Gasteiger partial charge in [-0.15, -0.1) is 0 Å². The molecule has 1 aliphatic rings. The predicted molar refractivity (Wildman–Crippen MR) is 74.2 cm³/mol. The fourth-order valence-electron chi connectivity index (χ4n) is 2.80. The quantitative estimate of drug-likeness (QED) is 0.797. The van der Waals surface area contributed by atoms with E-state index in [4.69, 9.17) is 5.73 Å². The van der Waals surface area contributed by atoms with E-state index in [1.165, 1.54) is 25.9 Å². The van der Waals surface area contributed by atoms with Crippen molar-refractivity contribution in [3.05, 3.63) is 24.0 Å². The minimum absolute atomic E-state index is 0.782. The average molecular weight is 244 g/mol. The number of rotatable bonds is 2. The highest BCUT2D eigenvalue weighted by molar-refractivity contribution is 5.78. The number of aromatic amines is 1. The van der Waals surface area contributed by atoms with E-state index < -0.39 is 0 Å². The minimum atomic E-state index is 0.782. The molecular weight excluding hydrogens is 224 g/mol. The molecule has 1 fully saturated rings. The van der Waals surface area contributed by atoms with E-state index in [1.54, 1.807) is 0 Å². The zero-order valence-electron chi connectivity index (χ0n) is 10.8. The number of H-pyrrole nitrogens is 1. The number of hydrogen-bond donors (Lipinski definition) is 2. The van der Waals surface area contributed by atoms with E-state index in [9.17, 15) is 0 Å². The molecule has 4 nitrogen and oxygen atoms in total. The minimum Gasteiger partial charge on any atom is -0.399 e. The van der Waals surface area contributed by atoms with Crippen LogP contribution in [0.4, 0.5) is 5.69 Å². The van der Waals surface area contributed by atoms with Crippen LogP contribution < -0.4 is 5.73 Å². The van der Waals surface area contributed by atoms with Crippen LogP contribution in [-0.2, 0) is 6.54 Å². The van der Waals surface area contributed by atoms with Crippen molar-refractivity contribution >= 4 is 16.7 Å². The second-order valence-electron chi connectivity index (χ2n) is 5.44. The number of fused-ring (bicyclic) bond motifs is 1. The van der Waals surface area contributed by atoms with Gasteiger partial charge in [0.05, 0.1) is 17.6 Å². The Morgan fingerprint density at radius 3 is 3.22 bits per heavy atom. The lowest BCUT2D eigenvalue weighted by atomic mass is 10.0. The van der Waals surface area contributed by atoms with Gasteiger partial charge in [-0.3, -0.25) is 4.90 Å². The monoisotopic (exact) mass is 244 g/mol. The van der Waals surface area contributed by atoms with Crippen LogP contribution in [0, 0.1) is 5.92 Å². The molecule has 1 atom stereocenters. The number of likely N-dealkylation sites (tertiary alicyclic amines) is 1. The number of imidazole rings is 1. The summed E-state index contributed by atoms with van der Waals surface area (Å²) in [5.74, 6) is 1.85. The number of piperidine rings is 1. The molecule has 1 aliphatic heterocycles. The smallest absolute Gasteiger partial charge is 0.121 e. The fourth-order valence-corrected chi connectivity index (χ4v) is 2.80. The Morgan fingerprint density at radius 1 is 1.50 bits per heavy atom. The molecule has 0 radical (unpaired) electrons. The molecule has 18 heavy (non-hydrogen) atoms. The van der Waals surface area contributed by atoms with Gasteiger partial charge in [-0.05, 0) is 43.5 Å². The maximum Gasteiger partial charge on any atom is 0.121 e. The summed E-state index contributed by atoms with van der Waals surface area (Å²) in [6.07, 6.45) is 2.65. The molecule has 1 unspecified atom stereocenters. The number of benzene rings is 1. The van der Waals surface area contributed by atoms with Crippen LogP contribution >= 0.6 is 0 Å². The molecule has 4 heteroatoms. The molecule has 0 saturated carbocycles. The second kappa shape index (κ2) is 4.61. The highest BCUT2D eigenvalue weighted by Gasteiger charge is 2.17. The largest absolute Gasteiger partial charge is 0.399 e. The molecule has 1 aromatic carbocycles. The first-order valence-electron chi connectivity index (χ1n) is 6.67. The standard InChI is InChI=1S/C14H20N4/c1-10-3-2-6-18(8-10)9-14-16-12-5-4-11(15)7-13(12)17-14/h4-5,7,10H,2-3,6,8-9,15H2,1H3,(H,16,17). The number of hydrogen-bond acceptors (Lipinski definition) is 3. The van der Waals surface area contributed by atoms with Crippen molar-refractivity contribution in [1.29, 1.82) is 0 Å². The topological polar surface area (TPSA) is 57.9 Å². The van der Waals surface area contributed by atoms with Gasteiger partial charge in [-0.25, -0.2) is 4.98 Å². The summed E-state index contributed by atoms with van der Waals surface area (Å²) in [6.45, 7) is 5.60. The van der Waals surface area contributed by atoms with Crippen molar-refractivity contribution in [2.45, 2.75) is 26.3 Å². The molecule has 1 aromatic heterocycles. The molecule has 2 heterocycles.